The Hall–Kier alpha value is -2.55. The molecule has 1 saturated heterocycles. The molecule has 0 bridgehead atoms. The summed E-state index contributed by atoms with van der Waals surface area (Å²) < 4.78 is 49.6. The van der Waals surface area contributed by atoms with Crippen molar-refractivity contribution >= 4 is 26.0 Å². The van der Waals surface area contributed by atoms with Gasteiger partial charge in [-0.15, -0.1) is 0 Å². The van der Waals surface area contributed by atoms with Crippen LogP contribution in [0.3, 0.4) is 0 Å². The van der Waals surface area contributed by atoms with E-state index in [0.717, 1.165) is 12.1 Å². The Morgan fingerprint density at radius 2 is 1.42 bits per heavy atom. The number of nitrogens with zero attached hydrogens (tertiary/aromatic N) is 5. The smallest absolute Gasteiger partial charge is 0.243 e. The van der Waals surface area contributed by atoms with Gasteiger partial charge in [-0.25, -0.2) is 22.0 Å². The third-order valence-electron chi connectivity index (χ3n) is 4.82. The monoisotopic (exact) mass is 468 g/mol. The zero-order valence-electron chi connectivity index (χ0n) is 16.8. The van der Waals surface area contributed by atoms with Crippen molar-refractivity contribution in [2.75, 3.05) is 45.8 Å². The number of hydrogen-bond acceptors (Lipinski definition) is 8. The van der Waals surface area contributed by atoms with Gasteiger partial charge >= 0.3 is 0 Å². The summed E-state index contributed by atoms with van der Waals surface area (Å²) in [5.41, 5.74) is 0. The third kappa shape index (κ3) is 6.72. The Balaban J connectivity index is 1.97. The van der Waals surface area contributed by atoms with Crippen LogP contribution in [-0.4, -0.2) is 82.7 Å². The molecule has 0 radical (unpaired) electrons. The van der Waals surface area contributed by atoms with Crippen molar-refractivity contribution < 1.29 is 21.6 Å². The minimum atomic E-state index is -3.91. The second-order valence-electron chi connectivity index (χ2n) is 6.89. The summed E-state index contributed by atoms with van der Waals surface area (Å²) in [7, 11) is -7.73. The second kappa shape index (κ2) is 10.7. The molecule has 13 heteroatoms. The van der Waals surface area contributed by atoms with Crippen molar-refractivity contribution in [2.24, 2.45) is 5.14 Å². The number of nitrogens with two attached hydrogens (primary N) is 1. The molecule has 31 heavy (non-hydrogen) atoms. The zero-order valence-corrected chi connectivity index (χ0v) is 18.5. The number of sulfonamides is 2. The lowest BCUT2D eigenvalue weighted by molar-refractivity contribution is -0.132. The molecule has 1 aromatic carbocycles. The lowest BCUT2D eigenvalue weighted by atomic mass is 10.3. The molecule has 0 unspecified atom stereocenters. The summed E-state index contributed by atoms with van der Waals surface area (Å²) >= 11 is 0. The molecule has 1 fully saturated rings. The van der Waals surface area contributed by atoms with Crippen LogP contribution in [0.5, 0.6) is 0 Å². The van der Waals surface area contributed by atoms with Gasteiger partial charge in [-0.2, -0.15) is 14.8 Å². The highest BCUT2D eigenvalue weighted by Gasteiger charge is 2.30. The Kier molecular flexibility index (Phi) is 8.50. The average Bonchev–Trinajstić information content (AvgIpc) is 2.73. The van der Waals surface area contributed by atoms with Crippen LogP contribution in [0.25, 0.3) is 0 Å². The van der Waals surface area contributed by atoms with Crippen LogP contribution in [-0.2, 0) is 24.8 Å². The van der Waals surface area contributed by atoms with Crippen LogP contribution in [0.2, 0.25) is 0 Å². The highest BCUT2D eigenvalue weighted by atomic mass is 32.2. The highest BCUT2D eigenvalue weighted by Crippen LogP contribution is 2.19. The van der Waals surface area contributed by atoms with Gasteiger partial charge < -0.3 is 4.90 Å². The lowest BCUT2D eigenvalue weighted by Gasteiger charge is -2.34. The molecule has 1 amide bonds. The molecule has 0 aliphatic carbocycles. The molecule has 0 aromatic heterocycles. The van der Waals surface area contributed by atoms with E-state index in [2.05, 4.69) is 0 Å². The van der Waals surface area contributed by atoms with E-state index in [0.29, 0.717) is 13.1 Å². The van der Waals surface area contributed by atoms with E-state index >= 15 is 0 Å². The summed E-state index contributed by atoms with van der Waals surface area (Å²) in [6, 6.07) is 8.65. The number of rotatable bonds is 9. The number of primary sulfonamides is 1. The number of nitriles is 2. The second-order valence-corrected chi connectivity index (χ2v) is 10.4. The van der Waals surface area contributed by atoms with Crippen LogP contribution in [0.1, 0.15) is 12.8 Å². The molecule has 1 aliphatic heterocycles. The van der Waals surface area contributed by atoms with Gasteiger partial charge in [-0.1, -0.05) is 0 Å². The van der Waals surface area contributed by atoms with E-state index in [1.54, 1.807) is 0 Å². The van der Waals surface area contributed by atoms with Crippen LogP contribution >= 0.6 is 0 Å². The maximum atomic E-state index is 12.8. The summed E-state index contributed by atoms with van der Waals surface area (Å²) in [5, 5.41) is 22.5. The Morgan fingerprint density at radius 3 is 1.87 bits per heavy atom. The first kappa shape index (κ1) is 24.7. The minimum absolute atomic E-state index is 0.0383. The molecular formula is C18H24N6O5S2. The van der Waals surface area contributed by atoms with E-state index < -0.39 is 20.0 Å². The fourth-order valence-electron chi connectivity index (χ4n) is 3.10. The van der Waals surface area contributed by atoms with Crippen molar-refractivity contribution in [2.45, 2.75) is 22.6 Å². The first-order valence-electron chi connectivity index (χ1n) is 9.46. The number of amides is 1. The topological polar surface area (TPSA) is 169 Å². The number of carbonyl (C=O) groups is 1. The van der Waals surface area contributed by atoms with Gasteiger partial charge in [0.25, 0.3) is 0 Å². The largest absolute Gasteiger partial charge is 0.340 e. The maximum absolute atomic E-state index is 12.8. The molecule has 0 spiro atoms. The Labute approximate surface area is 182 Å². The van der Waals surface area contributed by atoms with Crippen LogP contribution < -0.4 is 5.14 Å². The minimum Gasteiger partial charge on any atom is -0.340 e. The molecule has 1 heterocycles. The van der Waals surface area contributed by atoms with Gasteiger partial charge in [0.2, 0.25) is 26.0 Å². The van der Waals surface area contributed by atoms with E-state index in [1.165, 1.54) is 21.3 Å². The molecule has 2 rings (SSSR count). The molecule has 2 N–H and O–H groups in total. The first-order valence-corrected chi connectivity index (χ1v) is 12.5. The number of benzene rings is 1. The average molecular weight is 469 g/mol. The predicted octanol–water partition coefficient (Wildman–Crippen LogP) is -0.704. The van der Waals surface area contributed by atoms with Gasteiger partial charge in [-0.05, 0) is 24.3 Å². The maximum Gasteiger partial charge on any atom is 0.243 e. The van der Waals surface area contributed by atoms with Crippen molar-refractivity contribution in [3.63, 3.8) is 0 Å². The van der Waals surface area contributed by atoms with Crippen LogP contribution in [0.4, 0.5) is 0 Å². The number of piperazine rings is 1. The molecule has 1 aromatic rings. The van der Waals surface area contributed by atoms with Gasteiger partial charge in [0.05, 0.1) is 41.3 Å². The molecular weight excluding hydrogens is 444 g/mol. The summed E-state index contributed by atoms with van der Waals surface area (Å²) in [6.45, 7) is 1.59. The quantitative estimate of drug-likeness (QED) is 0.496. The molecule has 0 saturated carbocycles. The van der Waals surface area contributed by atoms with Crippen molar-refractivity contribution in [1.82, 2.24) is 14.1 Å². The fraction of sp³-hybridized carbons (Fsp3) is 0.500. The van der Waals surface area contributed by atoms with Gasteiger partial charge in [0, 0.05) is 39.3 Å². The normalized spacial score (nSPS) is 15.7. The standard InChI is InChI=1S/C18H24N6O5S2/c19-7-1-9-23(10-2-8-20)18(25)15-22-11-13-24(14-12-22)31(28,29)17-5-3-16(4-6-17)30(21,26)27/h3-6H,1-2,9-15H2,(H2,21,26,27). The van der Waals surface area contributed by atoms with E-state index in [1.807, 2.05) is 17.0 Å². The summed E-state index contributed by atoms with van der Waals surface area (Å²) in [6.07, 6.45) is 0.348. The number of hydrogen-bond donors (Lipinski definition) is 1. The van der Waals surface area contributed by atoms with Gasteiger partial charge in [-0.3, -0.25) is 9.69 Å². The van der Waals surface area contributed by atoms with E-state index in [4.69, 9.17) is 15.7 Å². The first-order chi connectivity index (χ1) is 14.6. The third-order valence-corrected chi connectivity index (χ3v) is 7.66. The van der Waals surface area contributed by atoms with Gasteiger partial charge in [0.15, 0.2) is 0 Å². The lowest BCUT2D eigenvalue weighted by Crippen LogP contribution is -2.51. The summed E-state index contributed by atoms with van der Waals surface area (Å²) in [4.78, 5) is 15.6. The van der Waals surface area contributed by atoms with Gasteiger partial charge in [0.1, 0.15) is 0 Å². The molecule has 168 valence electrons. The van der Waals surface area contributed by atoms with Crippen molar-refractivity contribution in [3.8, 4) is 12.1 Å². The predicted molar refractivity (Wildman–Crippen MR) is 110 cm³/mol. The fourth-order valence-corrected chi connectivity index (χ4v) is 5.04. The van der Waals surface area contributed by atoms with Crippen molar-refractivity contribution in [1.29, 1.82) is 10.5 Å². The zero-order chi connectivity index (χ0) is 23.1. The van der Waals surface area contributed by atoms with E-state index in [-0.39, 0.29) is 61.3 Å². The Bertz CT molecular complexity index is 1050. The summed E-state index contributed by atoms with van der Waals surface area (Å²) in [5.74, 6) is -0.208. The molecule has 11 nitrogen and oxygen atoms in total. The van der Waals surface area contributed by atoms with E-state index in [9.17, 15) is 21.6 Å². The number of carbonyl (C=O) groups excluding carboxylic acids is 1. The molecule has 1 aliphatic rings. The van der Waals surface area contributed by atoms with Crippen LogP contribution in [0.15, 0.2) is 34.1 Å². The van der Waals surface area contributed by atoms with Crippen molar-refractivity contribution in [3.05, 3.63) is 24.3 Å². The molecule has 0 atom stereocenters. The van der Waals surface area contributed by atoms with Crippen LogP contribution in [0, 0.1) is 22.7 Å². The SMILES string of the molecule is N#CCCN(CCC#N)C(=O)CN1CCN(S(=O)(=O)c2ccc(S(N)(=O)=O)cc2)CC1. The highest BCUT2D eigenvalue weighted by molar-refractivity contribution is 7.89. The Morgan fingerprint density at radius 1 is 0.935 bits per heavy atom.